The van der Waals surface area contributed by atoms with Gasteiger partial charge >= 0.3 is 0 Å². The molecule has 0 aromatic rings. The number of sulfonamides is 1. The first-order valence-electron chi connectivity index (χ1n) is 6.55. The van der Waals surface area contributed by atoms with Crippen LogP contribution in [0.15, 0.2) is 0 Å². The summed E-state index contributed by atoms with van der Waals surface area (Å²) < 4.78 is 24.2. The highest BCUT2D eigenvalue weighted by molar-refractivity contribution is 7.88. The van der Waals surface area contributed by atoms with Gasteiger partial charge in [0, 0.05) is 26.2 Å². The number of nitriles is 1. The molecule has 1 amide bonds. The van der Waals surface area contributed by atoms with Crippen molar-refractivity contribution in [2.24, 2.45) is 5.41 Å². The molecule has 1 heterocycles. The summed E-state index contributed by atoms with van der Waals surface area (Å²) in [6, 6.07) is 2.19. The predicted octanol–water partition coefficient (Wildman–Crippen LogP) is 0.174. The SMILES string of the molecule is CS(=O)(=O)N1CCN(C(=O)C2(C#N)CCCC2)CC1. The van der Waals surface area contributed by atoms with Crippen molar-refractivity contribution in [1.29, 1.82) is 5.26 Å². The Morgan fingerprint density at radius 1 is 1.16 bits per heavy atom. The third-order valence-corrected chi connectivity index (χ3v) is 5.38. The lowest BCUT2D eigenvalue weighted by Crippen LogP contribution is -2.53. The second-order valence-electron chi connectivity index (χ2n) is 5.36. The van der Waals surface area contributed by atoms with E-state index in [9.17, 15) is 18.5 Å². The third kappa shape index (κ3) is 2.74. The van der Waals surface area contributed by atoms with Crippen molar-refractivity contribution < 1.29 is 13.2 Å². The lowest BCUT2D eigenvalue weighted by Gasteiger charge is -2.36. The van der Waals surface area contributed by atoms with Gasteiger partial charge in [-0.05, 0) is 12.8 Å². The van der Waals surface area contributed by atoms with Gasteiger partial charge in [0.05, 0.1) is 12.3 Å². The minimum atomic E-state index is -3.18. The van der Waals surface area contributed by atoms with E-state index in [-0.39, 0.29) is 5.91 Å². The molecular weight excluding hydrogens is 266 g/mol. The van der Waals surface area contributed by atoms with Crippen molar-refractivity contribution in [2.45, 2.75) is 25.7 Å². The normalized spacial score (nSPS) is 24.1. The molecule has 1 aliphatic carbocycles. The Morgan fingerprint density at radius 3 is 2.11 bits per heavy atom. The molecule has 7 heteroatoms. The smallest absolute Gasteiger partial charge is 0.243 e. The largest absolute Gasteiger partial charge is 0.339 e. The van der Waals surface area contributed by atoms with Gasteiger partial charge in [0.25, 0.3) is 0 Å². The lowest BCUT2D eigenvalue weighted by molar-refractivity contribution is -0.140. The van der Waals surface area contributed by atoms with Gasteiger partial charge in [-0.2, -0.15) is 9.57 Å². The second kappa shape index (κ2) is 5.10. The van der Waals surface area contributed by atoms with Crippen LogP contribution >= 0.6 is 0 Å². The van der Waals surface area contributed by atoms with E-state index >= 15 is 0 Å². The average Bonchev–Trinajstić information content (AvgIpc) is 2.87. The van der Waals surface area contributed by atoms with Crippen LogP contribution in [-0.2, 0) is 14.8 Å². The summed E-state index contributed by atoms with van der Waals surface area (Å²) in [6.07, 6.45) is 4.28. The molecule has 0 unspecified atom stereocenters. The van der Waals surface area contributed by atoms with Crippen LogP contribution in [0.4, 0.5) is 0 Å². The Labute approximate surface area is 114 Å². The van der Waals surface area contributed by atoms with Crippen LogP contribution in [-0.4, -0.2) is 56.0 Å². The first-order chi connectivity index (χ1) is 8.89. The van der Waals surface area contributed by atoms with Crippen molar-refractivity contribution in [3.8, 4) is 6.07 Å². The van der Waals surface area contributed by atoms with Gasteiger partial charge in [-0.3, -0.25) is 4.79 Å². The third-order valence-electron chi connectivity index (χ3n) is 4.08. The fourth-order valence-corrected chi connectivity index (χ4v) is 3.70. The fraction of sp³-hybridized carbons (Fsp3) is 0.833. The molecule has 0 spiro atoms. The number of carbonyl (C=O) groups excluding carboxylic acids is 1. The standard InChI is InChI=1S/C12H19N3O3S/c1-19(17,18)15-8-6-14(7-9-15)11(16)12(10-13)4-2-3-5-12/h2-9H2,1H3. The molecule has 0 atom stereocenters. The Kier molecular flexibility index (Phi) is 3.83. The Balaban J connectivity index is 2.02. The van der Waals surface area contributed by atoms with Gasteiger partial charge < -0.3 is 4.90 Å². The van der Waals surface area contributed by atoms with Crippen molar-refractivity contribution in [1.82, 2.24) is 9.21 Å². The van der Waals surface area contributed by atoms with Gasteiger partial charge in [-0.1, -0.05) is 12.8 Å². The molecular formula is C12H19N3O3S. The van der Waals surface area contributed by atoms with Gasteiger partial charge in [-0.25, -0.2) is 8.42 Å². The van der Waals surface area contributed by atoms with Gasteiger partial charge in [0.15, 0.2) is 0 Å². The van der Waals surface area contributed by atoms with E-state index in [2.05, 4.69) is 6.07 Å². The minimum Gasteiger partial charge on any atom is -0.339 e. The zero-order valence-corrected chi connectivity index (χ0v) is 11.9. The van der Waals surface area contributed by atoms with Crippen LogP contribution in [0.3, 0.4) is 0 Å². The fourth-order valence-electron chi connectivity index (χ4n) is 2.88. The second-order valence-corrected chi connectivity index (χ2v) is 7.34. The maximum atomic E-state index is 12.4. The first-order valence-corrected chi connectivity index (χ1v) is 8.40. The topological polar surface area (TPSA) is 81.5 Å². The Morgan fingerprint density at radius 2 is 1.68 bits per heavy atom. The number of rotatable bonds is 2. The van der Waals surface area contributed by atoms with Crippen LogP contribution in [0.25, 0.3) is 0 Å². The molecule has 0 bridgehead atoms. The molecule has 19 heavy (non-hydrogen) atoms. The highest BCUT2D eigenvalue weighted by Gasteiger charge is 2.44. The Bertz CT molecular complexity index is 495. The summed E-state index contributed by atoms with van der Waals surface area (Å²) in [6.45, 7) is 1.42. The molecule has 0 radical (unpaired) electrons. The van der Waals surface area contributed by atoms with Crippen LogP contribution in [0.5, 0.6) is 0 Å². The summed E-state index contributed by atoms with van der Waals surface area (Å²) >= 11 is 0. The highest BCUT2D eigenvalue weighted by Crippen LogP contribution is 2.39. The van der Waals surface area contributed by atoms with E-state index < -0.39 is 15.4 Å². The lowest BCUT2D eigenvalue weighted by atomic mass is 9.86. The molecule has 1 saturated carbocycles. The first kappa shape index (κ1) is 14.3. The van der Waals surface area contributed by atoms with E-state index in [0.29, 0.717) is 39.0 Å². The van der Waals surface area contributed by atoms with E-state index in [4.69, 9.17) is 0 Å². The maximum Gasteiger partial charge on any atom is 0.243 e. The van der Waals surface area contributed by atoms with E-state index in [1.54, 1.807) is 4.90 Å². The minimum absolute atomic E-state index is 0.111. The van der Waals surface area contributed by atoms with Crippen molar-refractivity contribution >= 4 is 15.9 Å². The summed E-state index contributed by atoms with van der Waals surface area (Å²) in [5.41, 5.74) is -0.854. The molecule has 106 valence electrons. The highest BCUT2D eigenvalue weighted by atomic mass is 32.2. The number of hydrogen-bond acceptors (Lipinski definition) is 4. The number of nitrogens with zero attached hydrogens (tertiary/aromatic N) is 3. The molecule has 0 aromatic carbocycles. The molecule has 1 aliphatic heterocycles. The molecule has 1 saturated heterocycles. The molecule has 0 aromatic heterocycles. The summed E-state index contributed by atoms with van der Waals surface area (Å²) in [4.78, 5) is 14.1. The number of piperazine rings is 1. The molecule has 2 rings (SSSR count). The number of hydrogen-bond donors (Lipinski definition) is 0. The molecule has 2 aliphatic rings. The molecule has 2 fully saturated rings. The summed E-state index contributed by atoms with van der Waals surface area (Å²) in [7, 11) is -3.18. The van der Waals surface area contributed by atoms with Crippen LogP contribution in [0, 0.1) is 16.7 Å². The average molecular weight is 285 g/mol. The van der Waals surface area contributed by atoms with Crippen molar-refractivity contribution in [3.05, 3.63) is 0 Å². The van der Waals surface area contributed by atoms with Crippen molar-refractivity contribution in [2.75, 3.05) is 32.4 Å². The van der Waals surface area contributed by atoms with Crippen LogP contribution < -0.4 is 0 Å². The predicted molar refractivity (Wildman–Crippen MR) is 69.5 cm³/mol. The number of carbonyl (C=O) groups is 1. The molecule has 0 N–H and O–H groups in total. The van der Waals surface area contributed by atoms with Gasteiger partial charge in [0.1, 0.15) is 5.41 Å². The van der Waals surface area contributed by atoms with Gasteiger partial charge in [0.2, 0.25) is 15.9 Å². The van der Waals surface area contributed by atoms with Crippen LogP contribution in [0.1, 0.15) is 25.7 Å². The quantitative estimate of drug-likeness (QED) is 0.724. The van der Waals surface area contributed by atoms with Gasteiger partial charge in [-0.15, -0.1) is 0 Å². The van der Waals surface area contributed by atoms with Crippen LogP contribution in [0.2, 0.25) is 0 Å². The monoisotopic (exact) mass is 285 g/mol. The van der Waals surface area contributed by atoms with E-state index in [1.165, 1.54) is 10.6 Å². The van der Waals surface area contributed by atoms with Crippen molar-refractivity contribution in [3.63, 3.8) is 0 Å². The summed E-state index contributed by atoms with van der Waals surface area (Å²) in [5.74, 6) is -0.111. The Hall–Kier alpha value is -1.13. The maximum absolute atomic E-state index is 12.4. The zero-order chi connectivity index (χ0) is 14.1. The summed E-state index contributed by atoms with van der Waals surface area (Å²) in [5, 5.41) is 9.30. The van der Waals surface area contributed by atoms with E-state index in [0.717, 1.165) is 12.8 Å². The van der Waals surface area contributed by atoms with E-state index in [1.807, 2.05) is 0 Å². The molecule has 6 nitrogen and oxygen atoms in total. The zero-order valence-electron chi connectivity index (χ0n) is 11.1. The number of amides is 1.